The second-order valence-corrected chi connectivity index (χ2v) is 3.59. The Kier molecular flexibility index (Phi) is 8.17. The summed E-state index contributed by atoms with van der Waals surface area (Å²) in [6.45, 7) is 5.67. The van der Waals surface area contributed by atoms with E-state index in [0.29, 0.717) is 6.61 Å². The van der Waals surface area contributed by atoms with Gasteiger partial charge in [-0.15, -0.1) is 0 Å². The van der Waals surface area contributed by atoms with Crippen molar-refractivity contribution in [3.8, 4) is 0 Å². The van der Waals surface area contributed by atoms with Crippen LogP contribution >= 0.6 is 0 Å². The summed E-state index contributed by atoms with van der Waals surface area (Å²) in [5.41, 5.74) is 6.94. The molecule has 2 N–H and O–H groups in total. The Morgan fingerprint density at radius 2 is 1.94 bits per heavy atom. The second kappa shape index (κ2) is 8.92. The van der Waals surface area contributed by atoms with E-state index in [-0.39, 0.29) is 12.0 Å². The first kappa shape index (κ1) is 14.6. The van der Waals surface area contributed by atoms with Crippen LogP contribution in [0.3, 0.4) is 0 Å². The van der Waals surface area contributed by atoms with Crippen molar-refractivity contribution < 1.29 is 9.53 Å². The van der Waals surface area contributed by atoms with Gasteiger partial charge in [-0.05, 0) is 25.8 Å². The van der Waals surface area contributed by atoms with Gasteiger partial charge in [0.15, 0.2) is 0 Å². The van der Waals surface area contributed by atoms with Gasteiger partial charge in [-0.25, -0.2) is 0 Å². The van der Waals surface area contributed by atoms with Gasteiger partial charge in [-0.2, -0.15) is 0 Å². The normalized spacial score (nSPS) is 11.0. The quantitative estimate of drug-likeness (QED) is 0.799. The van der Waals surface area contributed by atoms with Crippen LogP contribution in [0.25, 0.3) is 0 Å². The number of benzene rings is 1. The molecule has 0 radical (unpaired) electrons. The third-order valence-electron chi connectivity index (χ3n) is 1.75. The SMILES string of the molecule is CC(N)Cc1ccccc1.CCOC(C)=O. The molecule has 0 spiro atoms. The van der Waals surface area contributed by atoms with Crippen molar-refractivity contribution in [2.24, 2.45) is 5.73 Å². The van der Waals surface area contributed by atoms with Crippen molar-refractivity contribution in [2.75, 3.05) is 6.61 Å². The summed E-state index contributed by atoms with van der Waals surface area (Å²) >= 11 is 0. The first-order valence-corrected chi connectivity index (χ1v) is 5.49. The average molecular weight is 223 g/mol. The highest BCUT2D eigenvalue weighted by Gasteiger charge is 1.94. The zero-order valence-corrected chi connectivity index (χ0v) is 10.3. The molecular formula is C13H21NO2. The number of hydrogen-bond donors (Lipinski definition) is 1. The Morgan fingerprint density at radius 3 is 2.25 bits per heavy atom. The van der Waals surface area contributed by atoms with Crippen molar-refractivity contribution in [3.63, 3.8) is 0 Å². The second-order valence-electron chi connectivity index (χ2n) is 3.59. The summed E-state index contributed by atoms with van der Waals surface area (Å²) < 4.78 is 4.40. The number of hydrogen-bond acceptors (Lipinski definition) is 3. The molecule has 1 unspecified atom stereocenters. The minimum atomic E-state index is -0.211. The van der Waals surface area contributed by atoms with Crippen molar-refractivity contribution in [2.45, 2.75) is 33.2 Å². The zero-order chi connectivity index (χ0) is 12.4. The monoisotopic (exact) mass is 223 g/mol. The molecule has 0 aliphatic heterocycles. The van der Waals surface area contributed by atoms with E-state index in [1.807, 2.05) is 25.1 Å². The number of nitrogens with two attached hydrogens (primary N) is 1. The van der Waals surface area contributed by atoms with Gasteiger partial charge >= 0.3 is 5.97 Å². The predicted octanol–water partition coefficient (Wildman–Crippen LogP) is 2.15. The van der Waals surface area contributed by atoms with Gasteiger partial charge in [0, 0.05) is 13.0 Å². The minimum absolute atomic E-state index is 0.211. The molecule has 3 heteroatoms. The predicted molar refractivity (Wildman–Crippen MR) is 66.1 cm³/mol. The lowest BCUT2D eigenvalue weighted by Crippen LogP contribution is -2.17. The molecule has 0 amide bonds. The fourth-order valence-corrected chi connectivity index (χ4v) is 1.19. The highest BCUT2D eigenvalue weighted by atomic mass is 16.5. The van der Waals surface area contributed by atoms with Gasteiger partial charge in [-0.1, -0.05) is 30.3 Å². The van der Waals surface area contributed by atoms with E-state index in [9.17, 15) is 4.79 Å². The molecular weight excluding hydrogens is 202 g/mol. The standard InChI is InChI=1S/C9H13N.C4H8O2/c1-8(10)7-9-5-3-2-4-6-9;1-3-6-4(2)5/h2-6,8H,7,10H2,1H3;3H2,1-2H3. The fraction of sp³-hybridized carbons (Fsp3) is 0.462. The van der Waals surface area contributed by atoms with Crippen molar-refractivity contribution in [1.29, 1.82) is 0 Å². The lowest BCUT2D eigenvalue weighted by atomic mass is 10.1. The van der Waals surface area contributed by atoms with Crippen LogP contribution in [0.1, 0.15) is 26.3 Å². The number of ether oxygens (including phenoxy) is 1. The molecule has 0 fully saturated rings. The summed E-state index contributed by atoms with van der Waals surface area (Å²) in [7, 11) is 0. The van der Waals surface area contributed by atoms with E-state index >= 15 is 0 Å². The Balaban J connectivity index is 0.000000325. The molecule has 16 heavy (non-hydrogen) atoms. The summed E-state index contributed by atoms with van der Waals surface area (Å²) in [5, 5.41) is 0. The van der Waals surface area contributed by atoms with E-state index in [1.165, 1.54) is 12.5 Å². The molecule has 1 atom stereocenters. The van der Waals surface area contributed by atoms with E-state index in [2.05, 4.69) is 16.9 Å². The molecule has 0 aliphatic rings. The van der Waals surface area contributed by atoms with Gasteiger partial charge in [0.25, 0.3) is 0 Å². The third-order valence-corrected chi connectivity index (χ3v) is 1.75. The Hall–Kier alpha value is -1.35. The zero-order valence-electron chi connectivity index (χ0n) is 10.3. The molecule has 0 saturated carbocycles. The first-order chi connectivity index (χ1) is 7.56. The maximum atomic E-state index is 9.82. The van der Waals surface area contributed by atoms with Crippen LogP contribution in [0.5, 0.6) is 0 Å². The average Bonchev–Trinajstić information content (AvgIpc) is 2.18. The largest absolute Gasteiger partial charge is 0.466 e. The molecule has 3 nitrogen and oxygen atoms in total. The van der Waals surface area contributed by atoms with Crippen molar-refractivity contribution in [3.05, 3.63) is 35.9 Å². The highest BCUT2D eigenvalue weighted by molar-refractivity contribution is 5.65. The van der Waals surface area contributed by atoms with Gasteiger partial charge in [0.1, 0.15) is 0 Å². The van der Waals surface area contributed by atoms with E-state index in [4.69, 9.17) is 5.73 Å². The Labute approximate surface area is 97.6 Å². The van der Waals surface area contributed by atoms with E-state index in [1.54, 1.807) is 6.92 Å². The number of esters is 1. The van der Waals surface area contributed by atoms with Crippen LogP contribution in [-0.4, -0.2) is 18.6 Å². The molecule has 1 rings (SSSR count). The van der Waals surface area contributed by atoms with Crippen molar-refractivity contribution in [1.82, 2.24) is 0 Å². The van der Waals surface area contributed by atoms with Crippen LogP contribution in [-0.2, 0) is 16.0 Å². The highest BCUT2D eigenvalue weighted by Crippen LogP contribution is 2.00. The summed E-state index contributed by atoms with van der Waals surface area (Å²) in [5.74, 6) is -0.211. The fourth-order valence-electron chi connectivity index (χ4n) is 1.19. The first-order valence-electron chi connectivity index (χ1n) is 5.49. The number of carbonyl (C=O) groups excluding carboxylic acids is 1. The molecule has 0 aliphatic carbocycles. The van der Waals surface area contributed by atoms with Crippen LogP contribution in [0.4, 0.5) is 0 Å². The Morgan fingerprint density at radius 1 is 1.38 bits per heavy atom. The van der Waals surface area contributed by atoms with Gasteiger partial charge in [0.05, 0.1) is 6.61 Å². The Bertz CT molecular complexity index is 283. The lowest BCUT2D eigenvalue weighted by Gasteiger charge is -2.02. The number of carbonyl (C=O) groups is 1. The van der Waals surface area contributed by atoms with Crippen LogP contribution < -0.4 is 5.73 Å². The summed E-state index contributed by atoms with van der Waals surface area (Å²) in [6.07, 6.45) is 0.973. The maximum Gasteiger partial charge on any atom is 0.302 e. The van der Waals surface area contributed by atoms with Crippen LogP contribution in [0.2, 0.25) is 0 Å². The van der Waals surface area contributed by atoms with Crippen LogP contribution in [0.15, 0.2) is 30.3 Å². The number of rotatable bonds is 3. The minimum Gasteiger partial charge on any atom is -0.466 e. The maximum absolute atomic E-state index is 9.82. The van der Waals surface area contributed by atoms with Crippen molar-refractivity contribution >= 4 is 5.97 Å². The lowest BCUT2D eigenvalue weighted by molar-refractivity contribution is -0.140. The molecule has 1 aromatic rings. The van der Waals surface area contributed by atoms with Gasteiger partial charge in [0.2, 0.25) is 0 Å². The van der Waals surface area contributed by atoms with Gasteiger partial charge < -0.3 is 10.5 Å². The molecule has 1 aromatic carbocycles. The molecule has 0 aromatic heterocycles. The van der Waals surface area contributed by atoms with E-state index in [0.717, 1.165) is 6.42 Å². The molecule has 0 heterocycles. The summed E-state index contributed by atoms with van der Waals surface area (Å²) in [6, 6.07) is 10.6. The van der Waals surface area contributed by atoms with Crippen LogP contribution in [0, 0.1) is 0 Å². The third kappa shape index (κ3) is 9.21. The molecule has 0 saturated heterocycles. The summed E-state index contributed by atoms with van der Waals surface area (Å²) in [4.78, 5) is 9.82. The molecule has 0 bridgehead atoms. The topological polar surface area (TPSA) is 52.3 Å². The van der Waals surface area contributed by atoms with Gasteiger partial charge in [-0.3, -0.25) is 4.79 Å². The van der Waals surface area contributed by atoms with E-state index < -0.39 is 0 Å². The smallest absolute Gasteiger partial charge is 0.302 e. The molecule has 90 valence electrons.